The largest absolute Gasteiger partial charge is 0.462 e. The Labute approximate surface area is 489 Å². The predicted octanol–water partition coefficient (Wildman–Crippen LogP) is 5.88. The van der Waals surface area contributed by atoms with E-state index in [1.54, 1.807) is 76.2 Å². The highest BCUT2D eigenvalue weighted by Crippen LogP contribution is 2.19. The van der Waals surface area contributed by atoms with Crippen LogP contribution in [0.5, 0.6) is 0 Å². The van der Waals surface area contributed by atoms with Gasteiger partial charge >= 0.3 is 29.8 Å². The van der Waals surface area contributed by atoms with E-state index in [4.69, 9.17) is 23.7 Å². The minimum absolute atomic E-state index is 0.0494. The highest BCUT2D eigenvalue weighted by atomic mass is 16.5. The van der Waals surface area contributed by atoms with E-state index in [1.165, 1.54) is 72.8 Å². The third kappa shape index (κ3) is 23.2. The smallest absolute Gasteiger partial charge is 0.338 e. The second-order valence-corrected chi connectivity index (χ2v) is 16.7. The monoisotopic (exact) mass is 1170 g/mol. The van der Waals surface area contributed by atoms with E-state index in [0.29, 0.717) is 56.9 Å². The Morgan fingerprint density at radius 1 is 0.238 bits per heavy atom. The van der Waals surface area contributed by atoms with E-state index >= 15 is 0 Å². The van der Waals surface area contributed by atoms with Crippen molar-refractivity contribution in [3.63, 3.8) is 0 Å². The van der Waals surface area contributed by atoms with Crippen molar-refractivity contribution in [3.05, 3.63) is 140 Å². The van der Waals surface area contributed by atoms with Crippen LogP contribution in [0.1, 0.15) is 207 Å². The number of carbonyl (C=O) groups excluding carboxylic acids is 12. The molecule has 0 unspecified atom stereocenters. The van der Waals surface area contributed by atoms with E-state index in [2.05, 4.69) is 37.2 Å². The molecule has 84 heavy (non-hydrogen) atoms. The van der Waals surface area contributed by atoms with Crippen LogP contribution in [0.4, 0.5) is 0 Å². The van der Waals surface area contributed by atoms with Gasteiger partial charge in [-0.05, 0) is 156 Å². The normalized spacial score (nSPS) is 9.86. The first-order valence-electron chi connectivity index (χ1n) is 27.6. The number of hydrogen-bond acceptors (Lipinski definition) is 17. The Balaban J connectivity index is 0.000000560. The molecule has 0 heterocycles. The van der Waals surface area contributed by atoms with E-state index in [9.17, 15) is 57.5 Å². The standard InChI is InChI=1S/C15H21N3O3.C15H20N2O4.2C15H19NO5/c1-4-16-13(19)10-7-8-11(14(20)17-5-2)12(9-10)15(21)18-6-3;1-4-16-13(18)10-7-8-11(14(19)17-5-2)12(9-10)15(20)21-6-3;1-4-16-13(17)12-9-10(14(18)20-5-2)7-8-11(12)15(19)21-6-3;1-4-16-13(17)11-8-7-10(14(18)20-5-2)9-12(11)15(19)21-6-3/h7-9H,4-6H2,1-3H3,(H,16,19)(H,17,20)(H,18,21);7-9H,4-6H2,1-3H3,(H,16,18)(H,17,19);2*7-9H,4-6H2,1-3H3,(H,16,17). The maximum absolute atomic E-state index is 12.1. The van der Waals surface area contributed by atoms with Gasteiger partial charge in [-0.2, -0.15) is 0 Å². The second kappa shape index (κ2) is 39.8. The molecule has 24 heteroatoms. The van der Waals surface area contributed by atoms with Crippen LogP contribution in [0.25, 0.3) is 0 Å². The van der Waals surface area contributed by atoms with Crippen molar-refractivity contribution in [1.29, 1.82) is 0 Å². The summed E-state index contributed by atoms with van der Waals surface area (Å²) in [5.74, 6) is -5.44. The van der Waals surface area contributed by atoms with Gasteiger partial charge in [-0.25, -0.2) is 24.0 Å². The van der Waals surface area contributed by atoms with E-state index in [0.717, 1.165) is 0 Å². The van der Waals surface area contributed by atoms with Crippen molar-refractivity contribution in [1.82, 2.24) is 37.2 Å². The molecule has 7 amide bonds. The van der Waals surface area contributed by atoms with E-state index in [-0.39, 0.29) is 118 Å². The van der Waals surface area contributed by atoms with E-state index in [1.807, 2.05) is 6.92 Å². The third-order valence-corrected chi connectivity index (χ3v) is 10.7. The van der Waals surface area contributed by atoms with Crippen molar-refractivity contribution in [2.24, 2.45) is 0 Å². The molecule has 0 atom stereocenters. The quantitative estimate of drug-likeness (QED) is 0.0318. The first-order valence-corrected chi connectivity index (χ1v) is 27.6. The molecule has 4 aromatic carbocycles. The van der Waals surface area contributed by atoms with Gasteiger partial charge in [-0.1, -0.05) is 0 Å². The molecule has 4 rings (SSSR count). The number of carbonyl (C=O) groups is 12. The van der Waals surface area contributed by atoms with Crippen molar-refractivity contribution in [3.8, 4) is 0 Å². The van der Waals surface area contributed by atoms with Crippen molar-refractivity contribution in [2.75, 3.05) is 78.8 Å². The summed E-state index contributed by atoms with van der Waals surface area (Å²) in [7, 11) is 0. The van der Waals surface area contributed by atoms with Crippen LogP contribution in [0, 0.1) is 0 Å². The lowest BCUT2D eigenvalue weighted by Crippen LogP contribution is -2.30. The van der Waals surface area contributed by atoms with Gasteiger partial charge in [0.2, 0.25) is 0 Å². The second-order valence-electron chi connectivity index (χ2n) is 16.7. The zero-order valence-corrected chi connectivity index (χ0v) is 49.9. The van der Waals surface area contributed by atoms with Crippen LogP contribution in [0.15, 0.2) is 72.8 Å². The zero-order valence-electron chi connectivity index (χ0n) is 49.9. The fraction of sp³-hybridized carbons (Fsp3) is 0.400. The van der Waals surface area contributed by atoms with Gasteiger partial charge in [-0.3, -0.25) is 33.6 Å². The minimum Gasteiger partial charge on any atom is -0.462 e. The molecule has 24 nitrogen and oxygen atoms in total. The molecule has 0 bridgehead atoms. The Bertz CT molecular complexity index is 2550. The summed E-state index contributed by atoms with van der Waals surface area (Å²) in [5, 5.41) is 18.4. The van der Waals surface area contributed by atoms with Crippen LogP contribution in [0.2, 0.25) is 0 Å². The average Bonchev–Trinajstić information content (AvgIpc) is 3.69. The Hall–Kier alpha value is -9.48. The summed E-state index contributed by atoms with van der Waals surface area (Å²) < 4.78 is 24.5. The van der Waals surface area contributed by atoms with Crippen molar-refractivity contribution >= 4 is 71.2 Å². The predicted molar refractivity (Wildman–Crippen MR) is 312 cm³/mol. The molecule has 0 aliphatic rings. The van der Waals surface area contributed by atoms with Gasteiger partial charge < -0.3 is 60.9 Å². The van der Waals surface area contributed by atoms with Crippen molar-refractivity contribution < 1.29 is 81.2 Å². The molecule has 456 valence electrons. The third-order valence-electron chi connectivity index (χ3n) is 10.7. The number of ether oxygens (including phenoxy) is 5. The minimum atomic E-state index is -0.648. The molecule has 0 aromatic heterocycles. The number of nitrogens with one attached hydrogen (secondary N) is 7. The highest BCUT2D eigenvalue weighted by molar-refractivity contribution is 6.11. The summed E-state index contributed by atoms with van der Waals surface area (Å²) in [6, 6.07) is 17.2. The number of esters is 5. The number of benzene rings is 4. The lowest BCUT2D eigenvalue weighted by Gasteiger charge is -2.11. The molecular formula is C60H79N7O17. The average molecular weight is 1170 g/mol. The SMILES string of the molecule is CCNC(=O)c1cc(C(=O)OCC)ccc1C(=O)OCC.CCNC(=O)c1ccc(C(=O)NCC)c(C(=O)NCC)c1.CCNC(=O)c1ccc(C(=O)NCC)c(C(=O)OCC)c1.CCNC(=O)c1ccc(C(=O)OCC)cc1C(=O)OCC. The fourth-order valence-electron chi connectivity index (χ4n) is 7.06. The number of amides is 7. The first kappa shape index (κ1) is 72.5. The van der Waals surface area contributed by atoms with Crippen LogP contribution in [0.3, 0.4) is 0 Å². The molecule has 0 aliphatic heterocycles. The van der Waals surface area contributed by atoms with Gasteiger partial charge in [0.1, 0.15) is 0 Å². The van der Waals surface area contributed by atoms with Gasteiger partial charge in [0.15, 0.2) is 0 Å². The summed E-state index contributed by atoms with van der Waals surface area (Å²) in [6.45, 7) is 25.1. The topological polar surface area (TPSA) is 335 Å². The molecule has 0 saturated carbocycles. The van der Waals surface area contributed by atoms with Gasteiger partial charge in [-0.15, -0.1) is 0 Å². The molecule has 0 fully saturated rings. The lowest BCUT2D eigenvalue weighted by atomic mass is 10.0. The Morgan fingerprint density at radius 2 is 0.440 bits per heavy atom. The van der Waals surface area contributed by atoms with Crippen molar-refractivity contribution in [2.45, 2.75) is 83.1 Å². The van der Waals surface area contributed by atoms with Gasteiger partial charge in [0, 0.05) is 56.9 Å². The van der Waals surface area contributed by atoms with Gasteiger partial charge in [0.25, 0.3) is 41.4 Å². The molecule has 0 aliphatic carbocycles. The maximum Gasteiger partial charge on any atom is 0.338 e. The summed E-state index contributed by atoms with van der Waals surface area (Å²) in [4.78, 5) is 143. The summed E-state index contributed by atoms with van der Waals surface area (Å²) >= 11 is 0. The molecule has 0 spiro atoms. The van der Waals surface area contributed by atoms with E-state index < -0.39 is 41.7 Å². The zero-order chi connectivity index (χ0) is 63.3. The maximum atomic E-state index is 12.1. The van der Waals surface area contributed by atoms with Crippen LogP contribution < -0.4 is 37.2 Å². The molecule has 0 radical (unpaired) electrons. The van der Waals surface area contributed by atoms with Crippen LogP contribution in [-0.2, 0) is 23.7 Å². The molecular weight excluding hydrogens is 1090 g/mol. The molecule has 7 N–H and O–H groups in total. The number of hydrogen-bond donors (Lipinski definition) is 7. The number of rotatable bonds is 24. The fourth-order valence-corrected chi connectivity index (χ4v) is 7.06. The van der Waals surface area contributed by atoms with Gasteiger partial charge in [0.05, 0.1) is 88.7 Å². The Morgan fingerprint density at radius 3 is 0.750 bits per heavy atom. The van der Waals surface area contributed by atoms with Crippen LogP contribution in [-0.4, -0.2) is 150 Å². The molecule has 4 aromatic rings. The lowest BCUT2D eigenvalue weighted by molar-refractivity contribution is 0.0508. The Kier molecular flexibility index (Phi) is 34.4. The summed E-state index contributed by atoms with van der Waals surface area (Å²) in [5.41, 5.74) is 2.27. The molecule has 0 saturated heterocycles. The van der Waals surface area contributed by atoms with Crippen LogP contribution >= 0.6 is 0 Å². The highest BCUT2D eigenvalue weighted by Gasteiger charge is 2.24. The summed E-state index contributed by atoms with van der Waals surface area (Å²) in [6.07, 6.45) is 0. The first-order chi connectivity index (χ1) is 40.2.